The van der Waals surface area contributed by atoms with Crippen LogP contribution in [0.5, 0.6) is 0 Å². The van der Waals surface area contributed by atoms with E-state index in [9.17, 15) is 0 Å². The predicted octanol–water partition coefficient (Wildman–Crippen LogP) is 3.68. The van der Waals surface area contributed by atoms with Crippen molar-refractivity contribution < 1.29 is 0 Å². The largest absolute Gasteiger partial charge is 0.356 e. The molecule has 1 atom stereocenters. The maximum absolute atomic E-state index is 4.28. The molecule has 2 heterocycles. The third-order valence-corrected chi connectivity index (χ3v) is 5.40. The number of anilines is 1. The molecule has 102 valence electrons. The molecule has 0 radical (unpaired) electrons. The van der Waals surface area contributed by atoms with Gasteiger partial charge < -0.3 is 5.32 Å². The van der Waals surface area contributed by atoms with E-state index in [0.717, 1.165) is 16.6 Å². The Bertz CT molecular complexity index is 387. The smallest absolute Gasteiger partial charge is 0.205 e. The Hall–Kier alpha value is -0.290. The summed E-state index contributed by atoms with van der Waals surface area (Å²) in [7, 11) is 0. The minimum atomic E-state index is 0.356. The highest BCUT2D eigenvalue weighted by Gasteiger charge is 2.33. The number of nitrogens with zero attached hydrogens (tertiary/aromatic N) is 2. The highest BCUT2D eigenvalue weighted by molar-refractivity contribution is 7.99. The van der Waals surface area contributed by atoms with Crippen LogP contribution in [-0.4, -0.2) is 27.7 Å². The van der Waals surface area contributed by atoms with Crippen molar-refractivity contribution in [2.24, 2.45) is 11.3 Å². The van der Waals surface area contributed by atoms with Crippen molar-refractivity contribution in [2.75, 3.05) is 16.8 Å². The fourth-order valence-electron chi connectivity index (χ4n) is 2.07. The molecular weight excluding hydrogens is 262 g/mol. The summed E-state index contributed by atoms with van der Waals surface area (Å²) in [5, 5.41) is 14.3. The minimum absolute atomic E-state index is 0.356. The average Bonchev–Trinajstić information content (AvgIpc) is 2.68. The molecule has 1 aliphatic heterocycles. The summed E-state index contributed by atoms with van der Waals surface area (Å²) in [5.74, 6) is 3.10. The summed E-state index contributed by atoms with van der Waals surface area (Å²) >= 11 is 3.75. The van der Waals surface area contributed by atoms with E-state index in [4.69, 9.17) is 0 Å². The van der Waals surface area contributed by atoms with Crippen LogP contribution in [0.4, 0.5) is 5.13 Å². The zero-order valence-corrected chi connectivity index (χ0v) is 13.3. The third kappa shape index (κ3) is 3.60. The van der Waals surface area contributed by atoms with Gasteiger partial charge in [-0.15, -0.1) is 10.2 Å². The van der Waals surface area contributed by atoms with E-state index in [1.807, 2.05) is 11.8 Å². The molecule has 0 amide bonds. The van der Waals surface area contributed by atoms with Crippen molar-refractivity contribution >= 4 is 28.2 Å². The highest BCUT2D eigenvalue weighted by Crippen LogP contribution is 2.36. The van der Waals surface area contributed by atoms with Crippen molar-refractivity contribution in [3.63, 3.8) is 0 Å². The van der Waals surface area contributed by atoms with Gasteiger partial charge in [-0.3, -0.25) is 0 Å². The van der Waals surface area contributed by atoms with Crippen molar-refractivity contribution in [1.29, 1.82) is 0 Å². The second kappa shape index (κ2) is 5.78. The molecule has 0 aliphatic carbocycles. The summed E-state index contributed by atoms with van der Waals surface area (Å²) in [6.07, 6.45) is 2.30. The fraction of sp³-hybridized carbons (Fsp3) is 0.846. The molecule has 1 aliphatic rings. The Morgan fingerprint density at radius 1 is 1.39 bits per heavy atom. The summed E-state index contributed by atoms with van der Waals surface area (Å²) in [4.78, 5) is 0. The Balaban J connectivity index is 1.98. The van der Waals surface area contributed by atoms with Crippen LogP contribution < -0.4 is 5.32 Å². The van der Waals surface area contributed by atoms with Crippen molar-refractivity contribution in [1.82, 2.24) is 10.2 Å². The van der Waals surface area contributed by atoms with Gasteiger partial charge in [-0.25, -0.2) is 0 Å². The first kappa shape index (κ1) is 14.1. The zero-order chi connectivity index (χ0) is 13.2. The minimum Gasteiger partial charge on any atom is -0.356 e. The number of hydrogen-bond donors (Lipinski definition) is 1. The van der Waals surface area contributed by atoms with Crippen LogP contribution in [0.2, 0.25) is 0 Å². The highest BCUT2D eigenvalue weighted by atomic mass is 32.2. The normalized spacial score (nSPS) is 23.3. The molecule has 0 aromatic carbocycles. The lowest BCUT2D eigenvalue weighted by atomic mass is 9.82. The molecule has 1 saturated heterocycles. The summed E-state index contributed by atoms with van der Waals surface area (Å²) in [6, 6.07) is 0.510. The first-order chi connectivity index (χ1) is 8.47. The van der Waals surface area contributed by atoms with E-state index >= 15 is 0 Å². The van der Waals surface area contributed by atoms with Crippen LogP contribution in [0.15, 0.2) is 0 Å². The lowest BCUT2D eigenvalue weighted by Gasteiger charge is -2.38. The molecular formula is C13H23N3S2. The maximum atomic E-state index is 4.28. The Kier molecular flexibility index (Phi) is 4.54. The monoisotopic (exact) mass is 285 g/mol. The number of hydrogen-bond acceptors (Lipinski definition) is 5. The molecule has 0 bridgehead atoms. The SMILES string of the molecule is CC(C)Cc1nnc(NC2CSCCC2(C)C)s1. The van der Waals surface area contributed by atoms with E-state index < -0.39 is 0 Å². The second-order valence-corrected chi connectivity index (χ2v) is 8.32. The van der Waals surface area contributed by atoms with Gasteiger partial charge in [0.25, 0.3) is 0 Å². The first-order valence-corrected chi connectivity index (χ1v) is 8.61. The van der Waals surface area contributed by atoms with Crippen LogP contribution in [0, 0.1) is 11.3 Å². The van der Waals surface area contributed by atoms with Crippen molar-refractivity contribution in [3.8, 4) is 0 Å². The zero-order valence-electron chi connectivity index (χ0n) is 11.7. The number of nitrogens with one attached hydrogen (secondary N) is 1. The molecule has 18 heavy (non-hydrogen) atoms. The van der Waals surface area contributed by atoms with E-state index in [1.165, 1.54) is 17.9 Å². The van der Waals surface area contributed by atoms with Gasteiger partial charge in [0.15, 0.2) is 0 Å². The average molecular weight is 285 g/mol. The van der Waals surface area contributed by atoms with Gasteiger partial charge in [0.2, 0.25) is 5.13 Å². The van der Waals surface area contributed by atoms with Crippen LogP contribution >= 0.6 is 23.1 Å². The molecule has 1 N–H and O–H groups in total. The molecule has 1 aromatic rings. The first-order valence-electron chi connectivity index (χ1n) is 6.64. The van der Waals surface area contributed by atoms with Crippen LogP contribution in [0.3, 0.4) is 0 Å². The second-order valence-electron chi connectivity index (χ2n) is 6.11. The summed E-state index contributed by atoms with van der Waals surface area (Å²) < 4.78 is 0. The summed E-state index contributed by atoms with van der Waals surface area (Å²) in [6.45, 7) is 9.13. The van der Waals surface area contributed by atoms with E-state index in [0.29, 0.717) is 17.4 Å². The Morgan fingerprint density at radius 3 is 2.83 bits per heavy atom. The maximum Gasteiger partial charge on any atom is 0.205 e. The van der Waals surface area contributed by atoms with E-state index in [1.54, 1.807) is 11.3 Å². The van der Waals surface area contributed by atoms with E-state index in [-0.39, 0.29) is 0 Å². The lowest BCUT2D eigenvalue weighted by molar-refractivity contribution is 0.305. The van der Waals surface area contributed by atoms with Crippen molar-refractivity contribution in [2.45, 2.75) is 46.6 Å². The van der Waals surface area contributed by atoms with Crippen LogP contribution in [0.1, 0.15) is 39.1 Å². The topological polar surface area (TPSA) is 37.8 Å². The number of rotatable bonds is 4. The Morgan fingerprint density at radius 2 is 2.17 bits per heavy atom. The standard InChI is InChI=1S/C13H23N3S2/c1-9(2)7-11-15-16-12(18-11)14-10-8-17-6-5-13(10,3)4/h9-10H,5-8H2,1-4H3,(H,14,16). The lowest BCUT2D eigenvalue weighted by Crippen LogP contribution is -2.41. The van der Waals surface area contributed by atoms with Crippen LogP contribution in [0.25, 0.3) is 0 Å². The Labute approximate surface area is 118 Å². The van der Waals surface area contributed by atoms with Gasteiger partial charge in [-0.05, 0) is 23.5 Å². The number of thioether (sulfide) groups is 1. The predicted molar refractivity (Wildman–Crippen MR) is 81.6 cm³/mol. The van der Waals surface area contributed by atoms with Gasteiger partial charge in [0, 0.05) is 18.2 Å². The van der Waals surface area contributed by atoms with Crippen molar-refractivity contribution in [3.05, 3.63) is 5.01 Å². The molecule has 5 heteroatoms. The van der Waals surface area contributed by atoms with Gasteiger partial charge in [-0.1, -0.05) is 39.0 Å². The van der Waals surface area contributed by atoms with E-state index in [2.05, 4.69) is 43.2 Å². The summed E-state index contributed by atoms with van der Waals surface area (Å²) in [5.41, 5.74) is 0.356. The third-order valence-electron chi connectivity index (χ3n) is 3.47. The molecule has 1 aromatic heterocycles. The van der Waals surface area contributed by atoms with Crippen LogP contribution in [-0.2, 0) is 6.42 Å². The number of aromatic nitrogens is 2. The van der Waals surface area contributed by atoms with Gasteiger partial charge in [0.05, 0.1) is 0 Å². The molecule has 1 fully saturated rings. The fourth-order valence-corrected chi connectivity index (χ4v) is 4.68. The van der Waals surface area contributed by atoms with Gasteiger partial charge in [0.1, 0.15) is 5.01 Å². The molecule has 0 saturated carbocycles. The molecule has 1 unspecified atom stereocenters. The van der Waals surface area contributed by atoms with Gasteiger partial charge >= 0.3 is 0 Å². The molecule has 0 spiro atoms. The molecule has 2 rings (SSSR count). The molecule has 3 nitrogen and oxygen atoms in total. The quantitative estimate of drug-likeness (QED) is 0.916. The van der Waals surface area contributed by atoms with Gasteiger partial charge in [-0.2, -0.15) is 11.8 Å².